The summed E-state index contributed by atoms with van der Waals surface area (Å²) < 4.78 is 13.8. The molecule has 3 aromatic rings. The van der Waals surface area contributed by atoms with Crippen molar-refractivity contribution in [2.24, 2.45) is 0 Å². The molecule has 0 saturated heterocycles. The summed E-state index contributed by atoms with van der Waals surface area (Å²) in [6.07, 6.45) is 6.19. The van der Waals surface area contributed by atoms with Crippen LogP contribution < -0.4 is 5.56 Å². The van der Waals surface area contributed by atoms with E-state index in [1.807, 2.05) is 19.9 Å². The number of nitrogens with zero attached hydrogens (tertiary/aromatic N) is 1. The summed E-state index contributed by atoms with van der Waals surface area (Å²) >= 11 is 0. The lowest BCUT2D eigenvalue weighted by Gasteiger charge is -2.22. The fraction of sp³-hybridized carbons (Fsp3) is 0.345. The van der Waals surface area contributed by atoms with Gasteiger partial charge in [0.2, 0.25) is 5.56 Å². The lowest BCUT2D eigenvalue weighted by molar-refractivity contribution is -0.109. The van der Waals surface area contributed by atoms with Crippen molar-refractivity contribution >= 4 is 12.4 Å². The van der Waals surface area contributed by atoms with Crippen molar-refractivity contribution in [1.29, 1.82) is 0 Å². The zero-order valence-electron chi connectivity index (χ0n) is 20.5. The quantitative estimate of drug-likeness (QED) is 0.402. The molecule has 1 aliphatic carbocycles. The van der Waals surface area contributed by atoms with Crippen LogP contribution >= 0.6 is 0 Å². The largest absolute Gasteiger partial charge is 0.393 e. The van der Waals surface area contributed by atoms with E-state index >= 15 is 0 Å². The van der Waals surface area contributed by atoms with Crippen LogP contribution in [0.25, 0.3) is 28.5 Å². The van der Waals surface area contributed by atoms with Crippen LogP contribution in [0.2, 0.25) is 0 Å². The Bertz CT molecular complexity index is 1330. The Hall–Kier alpha value is -3.42. The Balaban J connectivity index is 1.95. The van der Waals surface area contributed by atoms with Crippen molar-refractivity contribution in [2.45, 2.75) is 64.1 Å². The second-order valence-corrected chi connectivity index (χ2v) is 9.58. The molecule has 0 aliphatic heterocycles. The number of H-pyrrole nitrogens is 1. The summed E-state index contributed by atoms with van der Waals surface area (Å²) in [4.78, 5) is 30.6. The highest BCUT2D eigenvalue weighted by Crippen LogP contribution is 2.41. The number of nitrogens with one attached hydrogen (secondary N) is 1. The lowest BCUT2D eigenvalue weighted by atomic mass is 9.86. The summed E-state index contributed by atoms with van der Waals surface area (Å²) in [5.41, 5.74) is 6.89. The Morgan fingerprint density at radius 2 is 1.92 bits per heavy atom. The third kappa shape index (κ3) is 5.53. The normalized spacial score (nSPS) is 14.8. The monoisotopic (exact) mass is 490 g/mol. The number of aromatic amines is 1. The van der Waals surface area contributed by atoms with E-state index in [9.17, 15) is 24.2 Å². The van der Waals surface area contributed by atoms with Gasteiger partial charge in [-0.3, -0.25) is 9.78 Å². The molecule has 0 saturated carbocycles. The second-order valence-electron chi connectivity index (χ2n) is 9.58. The number of benzene rings is 1. The zero-order chi connectivity index (χ0) is 25.8. The number of aliphatic hydroxyl groups excluding tert-OH is 2. The smallest absolute Gasteiger partial charge is 0.248 e. The van der Waals surface area contributed by atoms with E-state index in [1.54, 1.807) is 30.5 Å². The fourth-order valence-electron chi connectivity index (χ4n) is 4.85. The van der Waals surface area contributed by atoms with E-state index < -0.39 is 12.2 Å². The van der Waals surface area contributed by atoms with Crippen LogP contribution in [0.15, 0.2) is 47.4 Å². The standard InChI is InChI=1S/C29H31FN2O4/c1-17(2)28-24(11-10-21(34)15-22(35)12-13-33)27(18-6-8-20(30)9-7-18)23-5-3-4-19-14-26(36)31-16-25(19)29(23)32-28/h6-11,13-14,16-17,21-22,34-35H,3-5,12,15H2,1-2H3,(H,31,36)/b11-10+/t21-,22+/m1/s1. The van der Waals surface area contributed by atoms with E-state index in [2.05, 4.69) is 4.98 Å². The van der Waals surface area contributed by atoms with Gasteiger partial charge >= 0.3 is 0 Å². The molecule has 4 rings (SSSR count). The predicted octanol–water partition coefficient (Wildman–Crippen LogP) is 4.57. The summed E-state index contributed by atoms with van der Waals surface area (Å²) in [6, 6.07) is 7.98. The number of hydrogen-bond acceptors (Lipinski definition) is 5. The predicted molar refractivity (Wildman–Crippen MR) is 138 cm³/mol. The minimum Gasteiger partial charge on any atom is -0.393 e. The first kappa shape index (κ1) is 25.7. The average molecular weight is 491 g/mol. The number of carbonyl (C=O) groups excluding carboxylic acids is 1. The summed E-state index contributed by atoms with van der Waals surface area (Å²) in [6.45, 7) is 4.07. The SMILES string of the molecule is CC(C)c1nc2c(c(-c3ccc(F)cc3)c1/C=C/[C@@H](O)C[C@@H](O)CC=O)CCCc1cc(=O)[nH]cc1-2. The molecule has 0 fully saturated rings. The molecule has 0 bridgehead atoms. The van der Waals surface area contributed by atoms with Gasteiger partial charge in [-0.15, -0.1) is 0 Å². The second kappa shape index (κ2) is 11.1. The maximum atomic E-state index is 13.8. The Kier molecular flexibility index (Phi) is 7.91. The van der Waals surface area contributed by atoms with Gasteiger partial charge in [-0.2, -0.15) is 0 Å². The first-order valence-electron chi connectivity index (χ1n) is 12.3. The number of halogens is 1. The fourth-order valence-corrected chi connectivity index (χ4v) is 4.85. The van der Waals surface area contributed by atoms with E-state index in [-0.39, 0.29) is 30.1 Å². The van der Waals surface area contributed by atoms with Crippen LogP contribution in [-0.2, 0) is 17.6 Å². The van der Waals surface area contributed by atoms with Gasteiger partial charge in [-0.25, -0.2) is 4.39 Å². The summed E-state index contributed by atoms with van der Waals surface area (Å²) in [7, 11) is 0. The van der Waals surface area contributed by atoms with Crippen molar-refractivity contribution < 1.29 is 19.4 Å². The van der Waals surface area contributed by atoms with Gasteiger partial charge in [0.1, 0.15) is 12.1 Å². The molecule has 0 unspecified atom stereocenters. The van der Waals surface area contributed by atoms with E-state index in [4.69, 9.17) is 4.98 Å². The van der Waals surface area contributed by atoms with Gasteiger partial charge in [0.15, 0.2) is 0 Å². The first-order chi connectivity index (χ1) is 17.3. The summed E-state index contributed by atoms with van der Waals surface area (Å²) in [5.74, 6) is -0.302. The number of carbonyl (C=O) groups is 1. The molecule has 2 heterocycles. The third-order valence-corrected chi connectivity index (χ3v) is 6.55. The molecule has 36 heavy (non-hydrogen) atoms. The van der Waals surface area contributed by atoms with Gasteiger partial charge < -0.3 is 20.0 Å². The van der Waals surface area contributed by atoms with E-state index in [0.29, 0.717) is 6.29 Å². The highest BCUT2D eigenvalue weighted by molar-refractivity contribution is 5.85. The Morgan fingerprint density at radius 3 is 2.61 bits per heavy atom. The van der Waals surface area contributed by atoms with Gasteiger partial charge in [0, 0.05) is 36.2 Å². The van der Waals surface area contributed by atoms with Crippen molar-refractivity contribution in [2.75, 3.05) is 0 Å². The van der Waals surface area contributed by atoms with Crippen molar-refractivity contribution in [3.05, 3.63) is 81.2 Å². The number of aliphatic hydroxyl groups is 2. The van der Waals surface area contributed by atoms with Crippen molar-refractivity contribution in [3.8, 4) is 22.4 Å². The van der Waals surface area contributed by atoms with Crippen LogP contribution in [0.3, 0.4) is 0 Å². The molecular formula is C29H31FN2O4. The highest BCUT2D eigenvalue weighted by atomic mass is 19.1. The molecule has 1 aromatic carbocycles. The number of pyridine rings is 2. The van der Waals surface area contributed by atoms with E-state index in [1.165, 1.54) is 12.1 Å². The lowest BCUT2D eigenvalue weighted by Crippen LogP contribution is -2.16. The first-order valence-corrected chi connectivity index (χ1v) is 12.3. The minimum absolute atomic E-state index is 0.0291. The molecule has 188 valence electrons. The Morgan fingerprint density at radius 1 is 1.17 bits per heavy atom. The van der Waals surface area contributed by atoms with Gasteiger partial charge in [-0.1, -0.05) is 38.1 Å². The van der Waals surface area contributed by atoms with Crippen molar-refractivity contribution in [1.82, 2.24) is 9.97 Å². The average Bonchev–Trinajstić information content (AvgIpc) is 3.01. The molecule has 6 nitrogen and oxygen atoms in total. The molecule has 2 atom stereocenters. The topological polar surface area (TPSA) is 103 Å². The van der Waals surface area contributed by atoms with Crippen LogP contribution in [0.1, 0.15) is 61.4 Å². The van der Waals surface area contributed by atoms with Crippen LogP contribution in [0.5, 0.6) is 0 Å². The highest BCUT2D eigenvalue weighted by Gasteiger charge is 2.25. The third-order valence-electron chi connectivity index (χ3n) is 6.55. The molecule has 0 amide bonds. The van der Waals surface area contributed by atoms with Gasteiger partial charge in [0.25, 0.3) is 0 Å². The maximum Gasteiger partial charge on any atom is 0.248 e. The zero-order valence-corrected chi connectivity index (χ0v) is 20.5. The molecule has 0 spiro atoms. The molecule has 7 heteroatoms. The van der Waals surface area contributed by atoms with Crippen LogP contribution in [0.4, 0.5) is 4.39 Å². The number of aldehydes is 1. The molecule has 1 aliphatic rings. The van der Waals surface area contributed by atoms with Crippen LogP contribution in [0, 0.1) is 5.82 Å². The van der Waals surface area contributed by atoms with Gasteiger partial charge in [-0.05, 0) is 59.6 Å². The number of aromatic nitrogens is 2. The Labute approximate surface area is 209 Å². The van der Waals surface area contributed by atoms with Crippen molar-refractivity contribution in [3.63, 3.8) is 0 Å². The number of fused-ring (bicyclic) bond motifs is 3. The minimum atomic E-state index is -0.953. The number of hydrogen-bond donors (Lipinski definition) is 3. The van der Waals surface area contributed by atoms with Crippen LogP contribution in [-0.4, -0.2) is 38.7 Å². The molecular weight excluding hydrogens is 459 g/mol. The maximum absolute atomic E-state index is 13.8. The molecule has 0 radical (unpaired) electrons. The molecule has 2 aromatic heterocycles. The number of aryl methyl sites for hydroxylation is 1. The molecule has 3 N–H and O–H groups in total. The van der Waals surface area contributed by atoms with Gasteiger partial charge in [0.05, 0.1) is 23.6 Å². The summed E-state index contributed by atoms with van der Waals surface area (Å²) in [5, 5.41) is 20.4. The number of rotatable bonds is 8. The van der Waals surface area contributed by atoms with E-state index in [0.717, 1.165) is 64.0 Å².